The first-order valence-electron chi connectivity index (χ1n) is 13.1. The molecule has 2 aromatic rings. The first kappa shape index (κ1) is 24.0. The summed E-state index contributed by atoms with van der Waals surface area (Å²) in [5.74, 6) is -0.880. The Balaban J connectivity index is 1.12. The maximum atomic E-state index is 13.1. The molecule has 0 aliphatic heterocycles. The Morgan fingerprint density at radius 2 is 1.65 bits per heavy atom. The number of nitrogens with zero attached hydrogens (tertiary/aromatic N) is 1. The molecule has 0 radical (unpaired) electrons. The quantitative estimate of drug-likeness (QED) is 0.265. The van der Waals surface area contributed by atoms with Crippen LogP contribution in [0.3, 0.4) is 0 Å². The number of carbonyl (C=O) groups excluding carboxylic acids is 3. The number of hydrogen-bond donors (Lipinski definition) is 0. The van der Waals surface area contributed by atoms with Crippen molar-refractivity contribution in [2.24, 2.45) is 28.3 Å². The number of rotatable bonds is 7. The van der Waals surface area contributed by atoms with E-state index in [1.165, 1.54) is 0 Å². The van der Waals surface area contributed by atoms with E-state index in [-0.39, 0.29) is 42.2 Å². The fourth-order valence-electron chi connectivity index (χ4n) is 6.72. The van der Waals surface area contributed by atoms with E-state index in [9.17, 15) is 14.4 Å². The molecule has 192 valence electrons. The van der Waals surface area contributed by atoms with E-state index in [0.29, 0.717) is 25.0 Å². The molecule has 3 fully saturated rings. The number of esters is 1. The van der Waals surface area contributed by atoms with Gasteiger partial charge in [0.05, 0.1) is 5.41 Å². The molecule has 7 heteroatoms. The molecule has 2 aromatic carbocycles. The summed E-state index contributed by atoms with van der Waals surface area (Å²) in [5, 5.41) is 4.20. The van der Waals surface area contributed by atoms with Gasteiger partial charge >= 0.3 is 11.9 Å². The van der Waals surface area contributed by atoms with Gasteiger partial charge in [-0.25, -0.2) is 4.79 Å². The van der Waals surface area contributed by atoms with Gasteiger partial charge in [0, 0.05) is 29.4 Å². The Morgan fingerprint density at radius 3 is 2.27 bits per heavy atom. The second kappa shape index (κ2) is 8.62. The Morgan fingerprint density at radius 1 is 1.03 bits per heavy atom. The molecule has 2 bridgehead atoms. The molecular weight excluding hydrogens is 470 g/mol. The molecule has 4 aliphatic carbocycles. The Hall–Kier alpha value is -3.32. The molecule has 6 rings (SSSR count). The smallest absolute Gasteiger partial charge is 0.360 e. The van der Waals surface area contributed by atoms with Gasteiger partial charge in [-0.1, -0.05) is 60.6 Å². The lowest BCUT2D eigenvalue weighted by atomic mass is 9.82. The molecule has 0 heterocycles. The summed E-state index contributed by atoms with van der Waals surface area (Å²) in [4.78, 5) is 43.8. The van der Waals surface area contributed by atoms with Crippen LogP contribution in [-0.4, -0.2) is 41.7 Å². The maximum Gasteiger partial charge on any atom is 0.360 e. The first-order valence-corrected chi connectivity index (χ1v) is 13.1. The fourth-order valence-corrected chi connectivity index (χ4v) is 6.72. The van der Waals surface area contributed by atoms with Gasteiger partial charge in [0.25, 0.3) is 0 Å². The minimum atomic E-state index is -0.989. The first-order chi connectivity index (χ1) is 17.7. The van der Waals surface area contributed by atoms with Gasteiger partial charge in [-0.3, -0.25) is 9.59 Å². The van der Waals surface area contributed by atoms with Crippen molar-refractivity contribution in [2.75, 3.05) is 6.61 Å². The molecule has 0 spiro atoms. The largest absolute Gasteiger partial charge is 0.461 e. The van der Waals surface area contributed by atoms with Crippen molar-refractivity contribution in [3.05, 3.63) is 59.7 Å². The predicted molar refractivity (Wildman–Crippen MR) is 136 cm³/mol. The van der Waals surface area contributed by atoms with Gasteiger partial charge < -0.3 is 14.3 Å². The topological polar surface area (TPSA) is 91.3 Å². The molecule has 4 aliphatic rings. The lowest BCUT2D eigenvalue weighted by molar-refractivity contribution is -0.172. The summed E-state index contributed by atoms with van der Waals surface area (Å²) < 4.78 is 12.0. The van der Waals surface area contributed by atoms with Crippen LogP contribution < -0.4 is 0 Å². The van der Waals surface area contributed by atoms with Crippen molar-refractivity contribution in [3.8, 4) is 11.1 Å². The summed E-state index contributed by atoms with van der Waals surface area (Å²) in [6, 6.07) is 15.7. The number of ketones is 1. The van der Waals surface area contributed by atoms with Gasteiger partial charge in [0.1, 0.15) is 24.0 Å². The number of ether oxygens (including phenoxy) is 2. The van der Waals surface area contributed by atoms with Crippen LogP contribution in [0.5, 0.6) is 0 Å². The van der Waals surface area contributed by atoms with E-state index in [2.05, 4.69) is 5.16 Å². The molecule has 5 atom stereocenters. The van der Waals surface area contributed by atoms with Crippen LogP contribution in [0.2, 0.25) is 0 Å². The number of Topliss-reactive ketones (excluding diaryl/α,β-unsaturated/α-hetero) is 1. The van der Waals surface area contributed by atoms with E-state index in [0.717, 1.165) is 28.7 Å². The van der Waals surface area contributed by atoms with E-state index in [4.69, 9.17) is 14.3 Å². The summed E-state index contributed by atoms with van der Waals surface area (Å²) >= 11 is 0. The number of fused-ring (bicyclic) bond motifs is 4. The van der Waals surface area contributed by atoms with E-state index < -0.39 is 17.0 Å². The Bertz CT molecular complexity index is 1280. The van der Waals surface area contributed by atoms with Gasteiger partial charge in [-0.15, -0.1) is 0 Å². The van der Waals surface area contributed by atoms with Crippen molar-refractivity contribution in [2.45, 2.75) is 58.2 Å². The van der Waals surface area contributed by atoms with E-state index in [1.807, 2.05) is 69.3 Å². The average molecular weight is 502 g/mol. The molecule has 0 amide bonds. The van der Waals surface area contributed by atoms with Crippen LogP contribution in [0.4, 0.5) is 0 Å². The van der Waals surface area contributed by atoms with Gasteiger partial charge in [0.2, 0.25) is 0 Å². The zero-order valence-electron chi connectivity index (χ0n) is 21.4. The summed E-state index contributed by atoms with van der Waals surface area (Å²) in [7, 11) is 0. The second-order valence-electron chi connectivity index (χ2n) is 11.4. The van der Waals surface area contributed by atoms with Crippen LogP contribution in [0.15, 0.2) is 53.7 Å². The highest BCUT2D eigenvalue weighted by molar-refractivity contribution is 6.24. The number of hydrogen-bond acceptors (Lipinski definition) is 7. The highest BCUT2D eigenvalue weighted by Gasteiger charge is 2.70. The zero-order valence-corrected chi connectivity index (χ0v) is 21.4. The summed E-state index contributed by atoms with van der Waals surface area (Å²) in [5.41, 5.74) is 2.97. The Labute approximate surface area is 216 Å². The molecular formula is C30H31NO6. The van der Waals surface area contributed by atoms with Crippen LogP contribution in [0, 0.1) is 23.2 Å². The number of oxime groups is 1. The number of carbonyl (C=O) groups is 3. The third kappa shape index (κ3) is 3.66. The predicted octanol–water partition coefficient (Wildman–Crippen LogP) is 4.69. The van der Waals surface area contributed by atoms with Crippen molar-refractivity contribution in [1.29, 1.82) is 0 Å². The third-order valence-corrected chi connectivity index (χ3v) is 9.04. The highest BCUT2D eigenvalue weighted by Crippen LogP contribution is 2.63. The summed E-state index contributed by atoms with van der Waals surface area (Å²) in [6.45, 7) is 5.38. The SMILES string of the molecule is CCC(C)(C)C(=O)OC1C2CC3C1CC(=O)C3(OCC(=O)ON=C1c3ccccc3-c3ccccc31)C2. The van der Waals surface area contributed by atoms with Crippen molar-refractivity contribution in [1.82, 2.24) is 0 Å². The standard InChI is InChI=1S/C30H31NO6/c1-4-29(2,3)28(34)36-27-17-13-23-22(27)14-24(32)30(23,15-17)35-16-25(33)37-31-26-20-11-7-5-9-18(20)19-10-6-8-12-21(19)26/h5-12,17,22-23,27H,4,13-16H2,1-3H3. The fraction of sp³-hybridized carbons (Fsp3) is 0.467. The van der Waals surface area contributed by atoms with Gasteiger partial charge in [0.15, 0.2) is 5.78 Å². The van der Waals surface area contributed by atoms with Crippen LogP contribution in [0.25, 0.3) is 11.1 Å². The second-order valence-corrected chi connectivity index (χ2v) is 11.4. The molecule has 0 N–H and O–H groups in total. The normalized spacial score (nSPS) is 28.7. The van der Waals surface area contributed by atoms with Crippen LogP contribution in [0.1, 0.15) is 57.6 Å². The molecule has 37 heavy (non-hydrogen) atoms. The zero-order chi connectivity index (χ0) is 25.9. The van der Waals surface area contributed by atoms with Crippen LogP contribution in [-0.2, 0) is 28.7 Å². The lowest BCUT2D eigenvalue weighted by Gasteiger charge is -2.36. The molecule has 5 unspecified atom stereocenters. The maximum absolute atomic E-state index is 13.1. The average Bonchev–Trinajstić information content (AvgIpc) is 3.59. The number of benzene rings is 2. The van der Waals surface area contributed by atoms with Gasteiger partial charge in [-0.2, -0.15) is 0 Å². The monoisotopic (exact) mass is 501 g/mol. The van der Waals surface area contributed by atoms with E-state index >= 15 is 0 Å². The molecule has 0 saturated heterocycles. The lowest BCUT2D eigenvalue weighted by Crippen LogP contribution is -2.46. The molecule has 3 saturated carbocycles. The van der Waals surface area contributed by atoms with Crippen molar-refractivity contribution < 1.29 is 28.7 Å². The van der Waals surface area contributed by atoms with Crippen molar-refractivity contribution in [3.63, 3.8) is 0 Å². The minimum absolute atomic E-state index is 0.00365. The third-order valence-electron chi connectivity index (χ3n) is 9.04. The van der Waals surface area contributed by atoms with Crippen LogP contribution >= 0.6 is 0 Å². The minimum Gasteiger partial charge on any atom is -0.461 e. The summed E-state index contributed by atoms with van der Waals surface area (Å²) in [6.07, 6.45) is 1.99. The molecule has 0 aromatic heterocycles. The molecule has 7 nitrogen and oxygen atoms in total. The van der Waals surface area contributed by atoms with Crippen molar-refractivity contribution >= 4 is 23.4 Å². The highest BCUT2D eigenvalue weighted by atomic mass is 16.7. The van der Waals surface area contributed by atoms with Gasteiger partial charge in [-0.05, 0) is 50.2 Å². The Kier molecular flexibility index (Phi) is 5.60. The van der Waals surface area contributed by atoms with E-state index in [1.54, 1.807) is 0 Å².